The summed E-state index contributed by atoms with van der Waals surface area (Å²) in [5.74, 6) is 2.59. The van der Waals surface area contributed by atoms with Crippen molar-refractivity contribution in [3.8, 4) is 5.88 Å². The summed E-state index contributed by atoms with van der Waals surface area (Å²) in [6.07, 6.45) is 2.16. The zero-order chi connectivity index (χ0) is 19.0. The van der Waals surface area contributed by atoms with Crippen molar-refractivity contribution in [2.75, 3.05) is 40.4 Å². The molecule has 1 N–H and O–H groups in total. The molecule has 0 saturated carbocycles. The number of thiophene rings is 1. The zero-order valence-electron chi connectivity index (χ0n) is 16.1. The number of rotatable bonds is 4. The van der Waals surface area contributed by atoms with Gasteiger partial charge in [0.25, 0.3) is 5.91 Å². The molecule has 2 saturated heterocycles. The lowest BCUT2D eigenvalue weighted by atomic mass is 9.92. The van der Waals surface area contributed by atoms with Crippen molar-refractivity contribution in [2.45, 2.75) is 26.4 Å². The predicted molar refractivity (Wildman–Crippen MR) is 104 cm³/mol. The van der Waals surface area contributed by atoms with Crippen LogP contribution in [0.15, 0.2) is 0 Å². The highest BCUT2D eigenvalue weighted by molar-refractivity contribution is 7.20. The van der Waals surface area contributed by atoms with Crippen molar-refractivity contribution in [3.05, 3.63) is 16.3 Å². The number of methoxy groups -OCH3 is 2. The Bertz CT molecular complexity index is 839. The van der Waals surface area contributed by atoms with Gasteiger partial charge in [0.1, 0.15) is 11.4 Å². The summed E-state index contributed by atoms with van der Waals surface area (Å²) in [6.45, 7) is 6.10. The lowest BCUT2D eigenvalue weighted by Gasteiger charge is -2.20. The van der Waals surface area contributed by atoms with Crippen LogP contribution >= 0.6 is 11.3 Å². The van der Waals surface area contributed by atoms with Crippen molar-refractivity contribution < 1.29 is 14.3 Å². The molecule has 0 unspecified atom stereocenters. The molecule has 0 aromatic carbocycles. The largest absolute Gasteiger partial charge is 0.480 e. The Labute approximate surface area is 163 Å². The van der Waals surface area contributed by atoms with E-state index in [0.29, 0.717) is 30.1 Å². The molecule has 7 nitrogen and oxygen atoms in total. The third kappa shape index (κ3) is 3.41. The van der Waals surface area contributed by atoms with Crippen LogP contribution in [0.3, 0.4) is 0 Å². The first-order valence-electron chi connectivity index (χ1n) is 9.45. The van der Waals surface area contributed by atoms with Crippen LogP contribution in [0.1, 0.15) is 33.9 Å². The molecule has 4 heterocycles. The molecule has 8 heteroatoms. The number of ether oxygens (including phenoxy) is 2. The second kappa shape index (κ2) is 7.69. The highest BCUT2D eigenvalue weighted by Gasteiger charge is 2.33. The monoisotopic (exact) mass is 390 g/mol. The second-order valence-corrected chi connectivity index (χ2v) is 8.37. The number of fused-ring (bicyclic) bond motifs is 2. The topological polar surface area (TPSA) is 76.6 Å². The SMILES string of the molecule is COCc1nc(OC)c2c(C)c(C(=O)N3CC[C@@H]4CNC[C@@H]4CC3)sc2n1. The molecule has 2 aromatic heterocycles. The number of aromatic nitrogens is 2. The minimum absolute atomic E-state index is 0.110. The molecule has 2 fully saturated rings. The van der Waals surface area contributed by atoms with Crippen LogP contribution in [0.2, 0.25) is 0 Å². The van der Waals surface area contributed by atoms with Gasteiger partial charge in [-0.15, -0.1) is 11.3 Å². The van der Waals surface area contributed by atoms with Crippen molar-refractivity contribution >= 4 is 27.5 Å². The minimum atomic E-state index is 0.110. The Kier molecular flexibility index (Phi) is 5.29. The molecular weight excluding hydrogens is 364 g/mol. The zero-order valence-corrected chi connectivity index (χ0v) is 16.9. The maximum atomic E-state index is 13.3. The lowest BCUT2D eigenvalue weighted by Crippen LogP contribution is -2.32. The van der Waals surface area contributed by atoms with Gasteiger partial charge < -0.3 is 19.7 Å². The Morgan fingerprint density at radius 1 is 1.22 bits per heavy atom. The van der Waals surface area contributed by atoms with E-state index >= 15 is 0 Å². The average molecular weight is 391 g/mol. The van der Waals surface area contributed by atoms with Crippen LogP contribution < -0.4 is 10.1 Å². The fourth-order valence-electron chi connectivity index (χ4n) is 4.25. The van der Waals surface area contributed by atoms with Crippen molar-refractivity contribution in [2.24, 2.45) is 11.8 Å². The van der Waals surface area contributed by atoms with Crippen LogP contribution in [0.4, 0.5) is 0 Å². The molecule has 0 spiro atoms. The van der Waals surface area contributed by atoms with E-state index < -0.39 is 0 Å². The molecule has 1 amide bonds. The molecule has 2 aliphatic rings. The van der Waals surface area contributed by atoms with Gasteiger partial charge in [0.2, 0.25) is 5.88 Å². The van der Waals surface area contributed by atoms with Gasteiger partial charge in [-0.2, -0.15) is 4.98 Å². The molecular formula is C19H26N4O3S. The first-order valence-corrected chi connectivity index (χ1v) is 10.3. The minimum Gasteiger partial charge on any atom is -0.480 e. The molecule has 0 bridgehead atoms. The maximum Gasteiger partial charge on any atom is 0.264 e. The van der Waals surface area contributed by atoms with Gasteiger partial charge in [-0.25, -0.2) is 4.98 Å². The first-order chi connectivity index (χ1) is 13.1. The fraction of sp³-hybridized carbons (Fsp3) is 0.632. The van der Waals surface area contributed by atoms with Gasteiger partial charge in [0.15, 0.2) is 5.82 Å². The third-order valence-electron chi connectivity index (χ3n) is 5.77. The number of hydrogen-bond acceptors (Lipinski definition) is 7. The van der Waals surface area contributed by atoms with E-state index in [2.05, 4.69) is 15.3 Å². The molecule has 0 radical (unpaired) electrons. The highest BCUT2D eigenvalue weighted by atomic mass is 32.1. The van der Waals surface area contributed by atoms with E-state index in [4.69, 9.17) is 9.47 Å². The number of hydrogen-bond donors (Lipinski definition) is 1. The van der Waals surface area contributed by atoms with E-state index in [1.165, 1.54) is 11.3 Å². The van der Waals surface area contributed by atoms with Gasteiger partial charge in [0, 0.05) is 20.2 Å². The summed E-state index contributed by atoms with van der Waals surface area (Å²) in [4.78, 5) is 25.8. The molecule has 4 rings (SSSR count). The van der Waals surface area contributed by atoms with Crippen LogP contribution in [0.5, 0.6) is 5.88 Å². The van der Waals surface area contributed by atoms with E-state index in [-0.39, 0.29) is 5.91 Å². The van der Waals surface area contributed by atoms with Crippen LogP contribution in [0.25, 0.3) is 10.2 Å². The fourth-order valence-corrected chi connectivity index (χ4v) is 5.41. The van der Waals surface area contributed by atoms with Crippen LogP contribution in [0, 0.1) is 18.8 Å². The van der Waals surface area contributed by atoms with Crippen molar-refractivity contribution in [3.63, 3.8) is 0 Å². The number of carbonyl (C=O) groups is 1. The summed E-state index contributed by atoms with van der Waals surface area (Å²) in [5, 5.41) is 4.32. The Balaban J connectivity index is 1.64. The van der Waals surface area contributed by atoms with Gasteiger partial charge in [0.05, 0.1) is 17.4 Å². The Hall–Kier alpha value is -1.77. The van der Waals surface area contributed by atoms with E-state index in [0.717, 1.165) is 59.7 Å². The highest BCUT2D eigenvalue weighted by Crippen LogP contribution is 2.36. The first kappa shape index (κ1) is 18.6. The summed E-state index contributed by atoms with van der Waals surface area (Å²) in [7, 11) is 3.21. The van der Waals surface area contributed by atoms with Crippen LogP contribution in [-0.4, -0.2) is 61.2 Å². The molecule has 0 aliphatic carbocycles. The number of aryl methyl sites for hydroxylation is 1. The number of amides is 1. The number of carbonyl (C=O) groups excluding carboxylic acids is 1. The summed E-state index contributed by atoms with van der Waals surface area (Å²) >= 11 is 1.43. The summed E-state index contributed by atoms with van der Waals surface area (Å²) < 4.78 is 10.6. The number of likely N-dealkylation sites (tertiary alicyclic amines) is 1. The third-order valence-corrected chi connectivity index (χ3v) is 6.94. The van der Waals surface area contributed by atoms with Crippen LogP contribution in [-0.2, 0) is 11.3 Å². The summed E-state index contributed by atoms with van der Waals surface area (Å²) in [6, 6.07) is 0. The van der Waals surface area contributed by atoms with E-state index in [1.807, 2.05) is 11.8 Å². The Morgan fingerprint density at radius 3 is 2.56 bits per heavy atom. The van der Waals surface area contributed by atoms with Crippen molar-refractivity contribution in [1.82, 2.24) is 20.2 Å². The number of nitrogens with zero attached hydrogens (tertiary/aromatic N) is 3. The van der Waals surface area contributed by atoms with Gasteiger partial charge in [-0.3, -0.25) is 4.79 Å². The van der Waals surface area contributed by atoms with Gasteiger partial charge in [-0.1, -0.05) is 0 Å². The number of nitrogens with one attached hydrogen (secondary N) is 1. The summed E-state index contributed by atoms with van der Waals surface area (Å²) in [5.41, 5.74) is 0.909. The standard InChI is InChI=1S/C19H26N4O3S/c1-11-15-17(26-3)21-14(10-25-2)22-18(15)27-16(11)19(24)23-6-4-12-8-20-9-13(12)5-7-23/h12-13,20H,4-10H2,1-3H3/t12-,13+. The second-order valence-electron chi connectivity index (χ2n) is 7.37. The molecule has 2 aromatic rings. The van der Waals surface area contributed by atoms with Crippen molar-refractivity contribution in [1.29, 1.82) is 0 Å². The maximum absolute atomic E-state index is 13.3. The molecule has 146 valence electrons. The normalized spacial score (nSPS) is 22.7. The van der Waals surface area contributed by atoms with Gasteiger partial charge >= 0.3 is 0 Å². The quantitative estimate of drug-likeness (QED) is 0.863. The Morgan fingerprint density at radius 2 is 1.93 bits per heavy atom. The molecule has 2 aliphatic heterocycles. The average Bonchev–Trinajstić information content (AvgIpc) is 3.19. The molecule has 2 atom stereocenters. The van der Waals surface area contributed by atoms with Gasteiger partial charge in [-0.05, 0) is 50.3 Å². The smallest absolute Gasteiger partial charge is 0.264 e. The lowest BCUT2D eigenvalue weighted by molar-refractivity contribution is 0.0763. The van der Waals surface area contributed by atoms with E-state index in [1.54, 1.807) is 14.2 Å². The predicted octanol–water partition coefficient (Wildman–Crippen LogP) is 2.23. The molecule has 27 heavy (non-hydrogen) atoms. The van der Waals surface area contributed by atoms with E-state index in [9.17, 15) is 4.79 Å².